The third kappa shape index (κ3) is 3.28. The Bertz CT molecular complexity index is 402. The summed E-state index contributed by atoms with van der Waals surface area (Å²) in [6, 6.07) is 8.24. The molecule has 1 N–H and O–H groups in total. The first-order valence-corrected chi connectivity index (χ1v) is 7.12. The number of likely N-dealkylation sites (tertiary alicyclic amines) is 1. The maximum atomic E-state index is 9.87. The third-order valence-electron chi connectivity index (χ3n) is 3.91. The molecule has 0 spiro atoms. The average Bonchev–Trinajstić information content (AvgIpc) is 2.38. The van der Waals surface area contributed by atoms with Gasteiger partial charge in [0.15, 0.2) is 0 Å². The number of rotatable bonds is 4. The molecule has 2 rings (SSSR count). The van der Waals surface area contributed by atoms with E-state index in [9.17, 15) is 5.11 Å². The summed E-state index contributed by atoms with van der Waals surface area (Å²) >= 11 is 0. The Morgan fingerprint density at radius 1 is 1.32 bits per heavy atom. The Labute approximate surface area is 116 Å². The van der Waals surface area contributed by atoms with E-state index in [1.807, 2.05) is 26.0 Å². The van der Waals surface area contributed by atoms with Crippen LogP contribution in [0.5, 0.6) is 5.75 Å². The zero-order valence-corrected chi connectivity index (χ0v) is 12.2. The minimum atomic E-state index is -0.108. The molecule has 0 saturated carbocycles. The highest BCUT2D eigenvalue weighted by Crippen LogP contribution is 2.34. The number of piperidine rings is 1. The van der Waals surface area contributed by atoms with Gasteiger partial charge < -0.3 is 14.7 Å². The molecule has 3 heteroatoms. The van der Waals surface area contributed by atoms with Gasteiger partial charge in [-0.1, -0.05) is 12.1 Å². The van der Waals surface area contributed by atoms with E-state index in [2.05, 4.69) is 24.1 Å². The summed E-state index contributed by atoms with van der Waals surface area (Å²) < 4.78 is 5.67. The smallest absolute Gasteiger partial charge is 0.119 e. The van der Waals surface area contributed by atoms with Crippen molar-refractivity contribution in [3.05, 3.63) is 29.8 Å². The minimum absolute atomic E-state index is 0.108. The van der Waals surface area contributed by atoms with Gasteiger partial charge in [0.2, 0.25) is 0 Å². The number of nitrogens with zero attached hydrogens (tertiary/aromatic N) is 1. The molecule has 1 aliphatic rings. The molecular weight excluding hydrogens is 238 g/mol. The maximum absolute atomic E-state index is 9.87. The highest BCUT2D eigenvalue weighted by atomic mass is 16.5. The number of benzene rings is 1. The molecule has 1 aromatic carbocycles. The molecule has 1 aromatic rings. The van der Waals surface area contributed by atoms with Crippen LogP contribution in [0.2, 0.25) is 0 Å². The van der Waals surface area contributed by atoms with Crippen LogP contribution < -0.4 is 4.74 Å². The quantitative estimate of drug-likeness (QED) is 0.905. The van der Waals surface area contributed by atoms with Crippen molar-refractivity contribution in [2.45, 2.75) is 38.2 Å². The molecule has 1 aliphatic heterocycles. The fourth-order valence-corrected chi connectivity index (χ4v) is 2.98. The van der Waals surface area contributed by atoms with Gasteiger partial charge in [0.05, 0.1) is 12.7 Å². The second-order valence-electron chi connectivity index (χ2n) is 5.97. The molecular formula is C16H25NO2. The summed E-state index contributed by atoms with van der Waals surface area (Å²) in [5.74, 6) is 0.899. The van der Waals surface area contributed by atoms with Crippen LogP contribution in [0.3, 0.4) is 0 Å². The Hall–Kier alpha value is -1.06. The molecule has 1 saturated heterocycles. The lowest BCUT2D eigenvalue weighted by Gasteiger charge is -2.40. The fourth-order valence-electron chi connectivity index (χ4n) is 2.98. The molecule has 3 nitrogen and oxygen atoms in total. The lowest BCUT2D eigenvalue weighted by atomic mass is 9.75. The van der Waals surface area contributed by atoms with E-state index in [0.717, 1.165) is 31.7 Å². The highest BCUT2D eigenvalue weighted by Gasteiger charge is 2.35. The van der Waals surface area contributed by atoms with Gasteiger partial charge in [-0.2, -0.15) is 0 Å². The monoisotopic (exact) mass is 263 g/mol. The van der Waals surface area contributed by atoms with E-state index in [1.165, 1.54) is 5.56 Å². The standard InChI is InChI=1S/C16H25NO2/c1-13(2)19-15-7-5-14(6-8-15)16(12-18)9-4-10-17(3)11-16/h5-8,13,18H,4,9-12H2,1-3H3. The molecule has 0 bridgehead atoms. The largest absolute Gasteiger partial charge is 0.491 e. The van der Waals surface area contributed by atoms with Gasteiger partial charge in [-0.25, -0.2) is 0 Å². The van der Waals surface area contributed by atoms with Crippen molar-refractivity contribution in [1.82, 2.24) is 4.90 Å². The molecule has 106 valence electrons. The van der Waals surface area contributed by atoms with Crippen LogP contribution in [0.4, 0.5) is 0 Å². The normalized spacial score (nSPS) is 24.7. The van der Waals surface area contributed by atoms with E-state index in [0.29, 0.717) is 0 Å². The Morgan fingerprint density at radius 2 is 2.00 bits per heavy atom. The van der Waals surface area contributed by atoms with Crippen molar-refractivity contribution in [2.24, 2.45) is 0 Å². The average molecular weight is 263 g/mol. The number of hydrogen-bond donors (Lipinski definition) is 1. The van der Waals surface area contributed by atoms with E-state index in [4.69, 9.17) is 4.74 Å². The molecule has 19 heavy (non-hydrogen) atoms. The molecule has 0 radical (unpaired) electrons. The number of ether oxygens (including phenoxy) is 1. The first kappa shape index (κ1) is 14.4. The van der Waals surface area contributed by atoms with Crippen molar-refractivity contribution in [3.8, 4) is 5.75 Å². The second kappa shape index (κ2) is 5.93. The summed E-state index contributed by atoms with van der Waals surface area (Å²) in [5.41, 5.74) is 1.11. The SMILES string of the molecule is CC(C)Oc1ccc(C2(CO)CCCN(C)C2)cc1. The van der Waals surface area contributed by atoms with Crippen LogP contribution >= 0.6 is 0 Å². The van der Waals surface area contributed by atoms with Crippen LogP contribution in [-0.2, 0) is 5.41 Å². The highest BCUT2D eigenvalue weighted by molar-refractivity contribution is 5.33. The van der Waals surface area contributed by atoms with Gasteiger partial charge in [-0.15, -0.1) is 0 Å². The summed E-state index contributed by atoms with van der Waals surface area (Å²) in [4.78, 5) is 2.30. The third-order valence-corrected chi connectivity index (χ3v) is 3.91. The molecule has 0 aromatic heterocycles. The van der Waals surface area contributed by atoms with Crippen molar-refractivity contribution in [1.29, 1.82) is 0 Å². The number of aliphatic hydroxyl groups is 1. The van der Waals surface area contributed by atoms with Gasteiger partial charge >= 0.3 is 0 Å². The van der Waals surface area contributed by atoms with Crippen molar-refractivity contribution >= 4 is 0 Å². The van der Waals surface area contributed by atoms with Crippen LogP contribution in [0.1, 0.15) is 32.3 Å². The number of likely N-dealkylation sites (N-methyl/N-ethyl adjacent to an activating group) is 1. The van der Waals surface area contributed by atoms with Gasteiger partial charge in [0.1, 0.15) is 5.75 Å². The zero-order chi connectivity index (χ0) is 13.9. The fraction of sp³-hybridized carbons (Fsp3) is 0.625. The molecule has 1 atom stereocenters. The Kier molecular flexibility index (Phi) is 4.48. The van der Waals surface area contributed by atoms with Gasteiger partial charge in [-0.3, -0.25) is 0 Å². The molecule has 1 unspecified atom stereocenters. The predicted octanol–water partition coefficient (Wildman–Crippen LogP) is 2.43. The van der Waals surface area contributed by atoms with Crippen LogP contribution in [0.25, 0.3) is 0 Å². The first-order chi connectivity index (χ1) is 9.05. The van der Waals surface area contributed by atoms with Crippen molar-refractivity contribution < 1.29 is 9.84 Å². The number of hydrogen-bond acceptors (Lipinski definition) is 3. The van der Waals surface area contributed by atoms with Gasteiger partial charge in [-0.05, 0) is 58.0 Å². The molecule has 0 aliphatic carbocycles. The molecule has 1 fully saturated rings. The number of aliphatic hydroxyl groups excluding tert-OH is 1. The molecule has 0 amide bonds. The lowest BCUT2D eigenvalue weighted by Crippen LogP contribution is -2.46. The van der Waals surface area contributed by atoms with E-state index < -0.39 is 0 Å². The van der Waals surface area contributed by atoms with Crippen molar-refractivity contribution in [2.75, 3.05) is 26.7 Å². The van der Waals surface area contributed by atoms with Crippen molar-refractivity contribution in [3.63, 3.8) is 0 Å². The van der Waals surface area contributed by atoms with Crippen LogP contribution in [-0.4, -0.2) is 42.9 Å². The predicted molar refractivity (Wildman–Crippen MR) is 77.7 cm³/mol. The Morgan fingerprint density at radius 3 is 2.53 bits per heavy atom. The summed E-state index contributed by atoms with van der Waals surface area (Å²) in [6.45, 7) is 6.31. The van der Waals surface area contributed by atoms with Gasteiger partial charge in [0, 0.05) is 12.0 Å². The topological polar surface area (TPSA) is 32.7 Å². The minimum Gasteiger partial charge on any atom is -0.491 e. The summed E-state index contributed by atoms with van der Waals surface area (Å²) in [5, 5.41) is 9.87. The summed E-state index contributed by atoms with van der Waals surface area (Å²) in [6.07, 6.45) is 2.39. The molecule has 1 heterocycles. The first-order valence-electron chi connectivity index (χ1n) is 7.12. The summed E-state index contributed by atoms with van der Waals surface area (Å²) in [7, 11) is 2.12. The van der Waals surface area contributed by atoms with Crippen LogP contribution in [0, 0.1) is 0 Å². The zero-order valence-electron chi connectivity index (χ0n) is 12.2. The second-order valence-corrected chi connectivity index (χ2v) is 5.97. The van der Waals surface area contributed by atoms with E-state index in [1.54, 1.807) is 0 Å². The Balaban J connectivity index is 2.19. The van der Waals surface area contributed by atoms with Gasteiger partial charge in [0.25, 0.3) is 0 Å². The lowest BCUT2D eigenvalue weighted by molar-refractivity contribution is 0.105. The van der Waals surface area contributed by atoms with E-state index >= 15 is 0 Å². The van der Waals surface area contributed by atoms with Crippen LogP contribution in [0.15, 0.2) is 24.3 Å². The maximum Gasteiger partial charge on any atom is 0.119 e. The van der Waals surface area contributed by atoms with E-state index in [-0.39, 0.29) is 18.1 Å².